The molecular weight excluding hydrogens is 338 g/mol. The third kappa shape index (κ3) is 5.10. The molecule has 2 N–H and O–H groups in total. The molecule has 27 heavy (non-hydrogen) atoms. The highest BCUT2D eigenvalue weighted by Crippen LogP contribution is 2.23. The van der Waals surface area contributed by atoms with Gasteiger partial charge in [-0.25, -0.2) is 9.97 Å². The van der Waals surface area contributed by atoms with Crippen LogP contribution in [0, 0.1) is 0 Å². The highest BCUT2D eigenvalue weighted by Gasteiger charge is 2.14. The number of rotatable bonds is 5. The highest BCUT2D eigenvalue weighted by atomic mass is 16.1. The van der Waals surface area contributed by atoms with Gasteiger partial charge in [0.15, 0.2) is 0 Å². The lowest BCUT2D eigenvalue weighted by molar-refractivity contribution is 0.102. The minimum Gasteiger partial charge on any atom is -0.364 e. The van der Waals surface area contributed by atoms with Gasteiger partial charge in [-0.15, -0.1) is 0 Å². The van der Waals surface area contributed by atoms with Crippen molar-refractivity contribution in [3.05, 3.63) is 78.0 Å². The molecule has 0 radical (unpaired) electrons. The van der Waals surface area contributed by atoms with E-state index in [4.69, 9.17) is 0 Å². The molecule has 0 unspecified atom stereocenters. The molecule has 2 aromatic heterocycles. The molecule has 0 saturated heterocycles. The fourth-order valence-corrected chi connectivity index (χ4v) is 2.51. The van der Waals surface area contributed by atoms with E-state index in [1.807, 2.05) is 42.5 Å². The van der Waals surface area contributed by atoms with Crippen LogP contribution < -0.4 is 10.6 Å². The third-order valence-corrected chi connectivity index (χ3v) is 4.09. The lowest BCUT2D eigenvalue weighted by Gasteiger charge is -2.19. The summed E-state index contributed by atoms with van der Waals surface area (Å²) >= 11 is 0. The van der Waals surface area contributed by atoms with Gasteiger partial charge in [0.2, 0.25) is 0 Å². The zero-order valence-corrected chi connectivity index (χ0v) is 15.7. The van der Waals surface area contributed by atoms with Crippen molar-refractivity contribution in [1.82, 2.24) is 15.0 Å². The SMILES string of the molecule is CC(C)(C)c1ccc(NC(=O)c2cc(NCc3ccccn3)ncn2)cc1. The number of aromatic nitrogens is 3. The minimum absolute atomic E-state index is 0.0728. The van der Waals surface area contributed by atoms with Gasteiger partial charge >= 0.3 is 0 Å². The van der Waals surface area contributed by atoms with Gasteiger partial charge in [0.25, 0.3) is 5.91 Å². The van der Waals surface area contributed by atoms with E-state index in [0.29, 0.717) is 18.1 Å². The largest absolute Gasteiger partial charge is 0.364 e. The molecule has 3 rings (SSSR count). The molecule has 0 aliphatic carbocycles. The quantitative estimate of drug-likeness (QED) is 0.717. The van der Waals surface area contributed by atoms with Gasteiger partial charge in [0.05, 0.1) is 12.2 Å². The van der Waals surface area contributed by atoms with Crippen LogP contribution in [0.3, 0.4) is 0 Å². The Bertz CT molecular complexity index is 902. The molecule has 0 aliphatic heterocycles. The van der Waals surface area contributed by atoms with Crippen molar-refractivity contribution in [2.45, 2.75) is 32.7 Å². The van der Waals surface area contributed by atoms with Crippen molar-refractivity contribution in [1.29, 1.82) is 0 Å². The molecule has 1 aromatic carbocycles. The fraction of sp³-hybridized carbons (Fsp3) is 0.238. The lowest BCUT2D eigenvalue weighted by atomic mass is 9.87. The summed E-state index contributed by atoms with van der Waals surface area (Å²) < 4.78 is 0. The van der Waals surface area contributed by atoms with E-state index in [2.05, 4.69) is 46.4 Å². The van der Waals surface area contributed by atoms with Crippen molar-refractivity contribution < 1.29 is 4.79 Å². The summed E-state index contributed by atoms with van der Waals surface area (Å²) in [5.74, 6) is 0.297. The second-order valence-corrected chi connectivity index (χ2v) is 7.24. The second kappa shape index (κ2) is 7.95. The van der Waals surface area contributed by atoms with Crippen LogP contribution >= 0.6 is 0 Å². The summed E-state index contributed by atoms with van der Waals surface area (Å²) in [5.41, 5.74) is 3.20. The van der Waals surface area contributed by atoms with Gasteiger partial charge in [-0.1, -0.05) is 39.0 Å². The van der Waals surface area contributed by atoms with Crippen molar-refractivity contribution >= 4 is 17.4 Å². The third-order valence-electron chi connectivity index (χ3n) is 4.09. The van der Waals surface area contributed by atoms with Crippen LogP contribution in [0.4, 0.5) is 11.5 Å². The molecule has 3 aromatic rings. The smallest absolute Gasteiger partial charge is 0.274 e. The van der Waals surface area contributed by atoms with Crippen molar-refractivity contribution in [2.24, 2.45) is 0 Å². The first-order valence-electron chi connectivity index (χ1n) is 8.79. The van der Waals surface area contributed by atoms with Crippen molar-refractivity contribution in [3.63, 3.8) is 0 Å². The maximum absolute atomic E-state index is 12.5. The van der Waals surface area contributed by atoms with E-state index in [9.17, 15) is 4.79 Å². The topological polar surface area (TPSA) is 79.8 Å². The number of anilines is 2. The Morgan fingerprint density at radius 2 is 1.78 bits per heavy atom. The molecule has 1 amide bonds. The number of hydrogen-bond acceptors (Lipinski definition) is 5. The molecular formula is C21H23N5O. The highest BCUT2D eigenvalue weighted by molar-refractivity contribution is 6.03. The van der Waals surface area contributed by atoms with Crippen LogP contribution in [0.5, 0.6) is 0 Å². The number of pyridine rings is 1. The summed E-state index contributed by atoms with van der Waals surface area (Å²) in [6.07, 6.45) is 3.11. The molecule has 0 aliphatic rings. The predicted molar refractivity (Wildman–Crippen MR) is 107 cm³/mol. The first kappa shape index (κ1) is 18.5. The molecule has 0 spiro atoms. The Labute approximate surface area is 159 Å². The number of carbonyl (C=O) groups excluding carboxylic acids is 1. The first-order valence-corrected chi connectivity index (χ1v) is 8.79. The van der Waals surface area contributed by atoms with E-state index in [0.717, 1.165) is 11.4 Å². The van der Waals surface area contributed by atoms with Crippen LogP contribution in [0.25, 0.3) is 0 Å². The zero-order valence-electron chi connectivity index (χ0n) is 15.7. The molecule has 2 heterocycles. The molecule has 0 saturated carbocycles. The van der Waals surface area contributed by atoms with E-state index in [1.54, 1.807) is 12.3 Å². The number of hydrogen-bond donors (Lipinski definition) is 2. The normalized spacial score (nSPS) is 11.1. The summed E-state index contributed by atoms with van der Waals surface area (Å²) in [6.45, 7) is 6.98. The van der Waals surface area contributed by atoms with E-state index >= 15 is 0 Å². The van der Waals surface area contributed by atoms with E-state index in [-0.39, 0.29) is 11.3 Å². The predicted octanol–water partition coefficient (Wildman–Crippen LogP) is 4.03. The summed E-state index contributed by atoms with van der Waals surface area (Å²) in [7, 11) is 0. The summed E-state index contributed by atoms with van der Waals surface area (Å²) in [4.78, 5) is 24.9. The monoisotopic (exact) mass is 361 g/mol. The summed E-state index contributed by atoms with van der Waals surface area (Å²) in [5, 5.41) is 6.02. The van der Waals surface area contributed by atoms with Gasteiger partial charge in [-0.2, -0.15) is 0 Å². The van der Waals surface area contributed by atoms with Gasteiger partial charge in [-0.3, -0.25) is 9.78 Å². The zero-order chi connectivity index (χ0) is 19.3. The first-order chi connectivity index (χ1) is 12.9. The van der Waals surface area contributed by atoms with Crippen LogP contribution in [0.1, 0.15) is 42.5 Å². The molecule has 138 valence electrons. The molecule has 0 fully saturated rings. The standard InChI is InChI=1S/C21H23N5O/c1-21(2,3)15-7-9-16(10-8-15)26-20(27)18-12-19(25-14-24-18)23-13-17-6-4-5-11-22-17/h4-12,14H,13H2,1-3H3,(H,26,27)(H,23,24,25). The molecule has 0 bridgehead atoms. The van der Waals surface area contributed by atoms with E-state index in [1.165, 1.54) is 11.9 Å². The minimum atomic E-state index is -0.276. The van der Waals surface area contributed by atoms with Crippen LogP contribution in [-0.4, -0.2) is 20.9 Å². The van der Waals surface area contributed by atoms with Gasteiger partial charge < -0.3 is 10.6 Å². The Morgan fingerprint density at radius 3 is 2.44 bits per heavy atom. The fourth-order valence-electron chi connectivity index (χ4n) is 2.51. The average Bonchev–Trinajstić information content (AvgIpc) is 2.67. The Hall–Kier alpha value is -3.28. The number of carbonyl (C=O) groups is 1. The van der Waals surface area contributed by atoms with Gasteiger partial charge in [0, 0.05) is 18.0 Å². The number of benzene rings is 1. The average molecular weight is 361 g/mol. The maximum Gasteiger partial charge on any atom is 0.274 e. The lowest BCUT2D eigenvalue weighted by Crippen LogP contribution is -2.15. The maximum atomic E-state index is 12.5. The van der Waals surface area contributed by atoms with Crippen molar-refractivity contribution in [2.75, 3.05) is 10.6 Å². The Balaban J connectivity index is 1.64. The summed E-state index contributed by atoms with van der Waals surface area (Å²) in [6, 6.07) is 15.2. The Morgan fingerprint density at radius 1 is 1.00 bits per heavy atom. The van der Waals surface area contributed by atoms with Crippen LogP contribution in [-0.2, 0) is 12.0 Å². The van der Waals surface area contributed by atoms with Crippen molar-refractivity contribution in [3.8, 4) is 0 Å². The number of nitrogens with one attached hydrogen (secondary N) is 2. The molecule has 0 atom stereocenters. The number of amides is 1. The van der Waals surface area contributed by atoms with Crippen LogP contribution in [0.2, 0.25) is 0 Å². The second-order valence-electron chi connectivity index (χ2n) is 7.24. The van der Waals surface area contributed by atoms with E-state index < -0.39 is 0 Å². The Kier molecular flexibility index (Phi) is 5.45. The van der Waals surface area contributed by atoms with Gasteiger partial charge in [-0.05, 0) is 35.2 Å². The van der Waals surface area contributed by atoms with Gasteiger partial charge in [0.1, 0.15) is 17.8 Å². The molecule has 6 heteroatoms. The number of nitrogens with zero attached hydrogens (tertiary/aromatic N) is 3. The molecule has 6 nitrogen and oxygen atoms in total. The van der Waals surface area contributed by atoms with Crippen LogP contribution in [0.15, 0.2) is 61.1 Å².